The van der Waals surface area contributed by atoms with Crippen LogP contribution in [0.2, 0.25) is 5.02 Å². The summed E-state index contributed by atoms with van der Waals surface area (Å²) in [7, 11) is 0. The summed E-state index contributed by atoms with van der Waals surface area (Å²) < 4.78 is 4.98. The molecular weight excluding hydrogens is 442 g/mol. The minimum atomic E-state index is -0.389. The zero-order valence-electron chi connectivity index (χ0n) is 16.4. The van der Waals surface area contributed by atoms with Crippen LogP contribution in [-0.2, 0) is 9.59 Å². The minimum Gasteiger partial charge on any atom is -0.459 e. The zero-order chi connectivity index (χ0) is 22.2. The van der Waals surface area contributed by atoms with Crippen LogP contribution in [0.25, 0.3) is 6.08 Å². The molecule has 0 bridgehead atoms. The van der Waals surface area contributed by atoms with E-state index in [1.54, 1.807) is 42.5 Å². The maximum absolute atomic E-state index is 12.5. The van der Waals surface area contributed by atoms with E-state index in [4.69, 9.17) is 16.0 Å². The van der Waals surface area contributed by atoms with Gasteiger partial charge in [0, 0.05) is 31.1 Å². The number of furan rings is 1. The molecule has 2 heterocycles. The number of carbonyl (C=O) groups is 4. The fourth-order valence-corrected chi connectivity index (χ4v) is 3.74. The summed E-state index contributed by atoms with van der Waals surface area (Å²) in [5.41, 5.74) is 0.766. The maximum atomic E-state index is 12.5. The Balaban J connectivity index is 1.37. The molecule has 1 aliphatic rings. The summed E-state index contributed by atoms with van der Waals surface area (Å²) in [5, 5.41) is 5.54. The van der Waals surface area contributed by atoms with Crippen LogP contribution in [0, 0.1) is 0 Å². The second-order valence-corrected chi connectivity index (χ2v) is 8.00. The number of imide groups is 1. The minimum absolute atomic E-state index is 0.0869. The van der Waals surface area contributed by atoms with Crippen molar-refractivity contribution in [2.45, 2.75) is 12.8 Å². The molecule has 1 aromatic heterocycles. The Morgan fingerprint density at radius 3 is 2.58 bits per heavy atom. The molecule has 0 radical (unpaired) electrons. The van der Waals surface area contributed by atoms with Gasteiger partial charge in [0.2, 0.25) is 5.91 Å². The summed E-state index contributed by atoms with van der Waals surface area (Å²) in [4.78, 5) is 49.7. The van der Waals surface area contributed by atoms with E-state index in [9.17, 15) is 19.2 Å². The first-order valence-electron chi connectivity index (χ1n) is 9.53. The molecule has 3 rings (SSSR count). The number of carbonyl (C=O) groups excluding carboxylic acids is 4. The van der Waals surface area contributed by atoms with Gasteiger partial charge < -0.3 is 15.1 Å². The van der Waals surface area contributed by atoms with E-state index >= 15 is 0 Å². The van der Waals surface area contributed by atoms with Crippen LogP contribution in [0.1, 0.15) is 29.0 Å². The highest BCUT2D eigenvalue weighted by Crippen LogP contribution is 2.32. The van der Waals surface area contributed by atoms with Gasteiger partial charge in [-0.2, -0.15) is 0 Å². The van der Waals surface area contributed by atoms with Crippen molar-refractivity contribution in [1.29, 1.82) is 0 Å². The SMILES string of the molecule is O=C(CCCNC(=O)c1ccco1)NCCN1C(=O)S/C(=C\c2ccc(Cl)cc2)C1=O. The third-order valence-corrected chi connectivity index (χ3v) is 5.47. The van der Waals surface area contributed by atoms with Crippen molar-refractivity contribution in [1.82, 2.24) is 15.5 Å². The molecule has 10 heteroatoms. The van der Waals surface area contributed by atoms with Crippen molar-refractivity contribution < 1.29 is 23.6 Å². The Kier molecular flexibility index (Phi) is 7.91. The topological polar surface area (TPSA) is 109 Å². The lowest BCUT2D eigenvalue weighted by Crippen LogP contribution is -2.37. The zero-order valence-corrected chi connectivity index (χ0v) is 18.0. The predicted molar refractivity (Wildman–Crippen MR) is 117 cm³/mol. The van der Waals surface area contributed by atoms with E-state index in [0.717, 1.165) is 22.2 Å². The highest BCUT2D eigenvalue weighted by atomic mass is 35.5. The quantitative estimate of drug-likeness (QED) is 0.438. The summed E-state index contributed by atoms with van der Waals surface area (Å²) in [6.45, 7) is 0.568. The van der Waals surface area contributed by atoms with Crippen molar-refractivity contribution >= 4 is 52.4 Å². The van der Waals surface area contributed by atoms with E-state index in [1.807, 2.05) is 0 Å². The summed E-state index contributed by atoms with van der Waals surface area (Å²) in [5.74, 6) is -0.737. The van der Waals surface area contributed by atoms with Gasteiger partial charge in [0.25, 0.3) is 17.1 Å². The average Bonchev–Trinajstić information content (AvgIpc) is 3.37. The maximum Gasteiger partial charge on any atom is 0.293 e. The molecule has 0 aliphatic carbocycles. The molecule has 1 aromatic carbocycles. The van der Waals surface area contributed by atoms with Gasteiger partial charge in [-0.05, 0) is 54.1 Å². The van der Waals surface area contributed by atoms with Gasteiger partial charge in [-0.15, -0.1) is 0 Å². The monoisotopic (exact) mass is 461 g/mol. The second-order valence-electron chi connectivity index (χ2n) is 6.57. The predicted octanol–water partition coefficient (Wildman–Crippen LogP) is 3.30. The highest BCUT2D eigenvalue weighted by molar-refractivity contribution is 8.18. The Bertz CT molecular complexity index is 989. The lowest BCUT2D eigenvalue weighted by Gasteiger charge is -2.13. The van der Waals surface area contributed by atoms with Crippen molar-refractivity contribution in [3.63, 3.8) is 0 Å². The van der Waals surface area contributed by atoms with Gasteiger partial charge >= 0.3 is 0 Å². The highest BCUT2D eigenvalue weighted by Gasteiger charge is 2.34. The average molecular weight is 462 g/mol. The van der Waals surface area contributed by atoms with Crippen LogP contribution in [0.5, 0.6) is 0 Å². The molecule has 1 aliphatic heterocycles. The van der Waals surface area contributed by atoms with Gasteiger partial charge in [0.15, 0.2) is 5.76 Å². The second kappa shape index (κ2) is 10.8. The Hall–Kier alpha value is -3.04. The number of amides is 4. The molecule has 1 fully saturated rings. The van der Waals surface area contributed by atoms with Crippen LogP contribution in [0.15, 0.2) is 52.0 Å². The third kappa shape index (κ3) is 6.47. The normalized spacial score (nSPS) is 14.9. The van der Waals surface area contributed by atoms with Gasteiger partial charge in [-0.1, -0.05) is 23.7 Å². The fourth-order valence-electron chi connectivity index (χ4n) is 2.74. The van der Waals surface area contributed by atoms with E-state index < -0.39 is 0 Å². The lowest BCUT2D eigenvalue weighted by molar-refractivity contribution is -0.124. The molecule has 0 spiro atoms. The van der Waals surface area contributed by atoms with Crippen molar-refractivity contribution in [3.8, 4) is 0 Å². The molecule has 1 saturated heterocycles. The van der Waals surface area contributed by atoms with Gasteiger partial charge in [0.05, 0.1) is 11.2 Å². The van der Waals surface area contributed by atoms with Crippen molar-refractivity contribution in [3.05, 3.63) is 63.9 Å². The molecule has 162 valence electrons. The molecule has 2 aromatic rings. The van der Waals surface area contributed by atoms with Gasteiger partial charge in [-0.3, -0.25) is 24.1 Å². The molecule has 0 unspecified atom stereocenters. The number of hydrogen-bond donors (Lipinski definition) is 2. The largest absolute Gasteiger partial charge is 0.459 e. The number of thioether (sulfide) groups is 1. The van der Waals surface area contributed by atoms with Crippen LogP contribution in [0.4, 0.5) is 4.79 Å². The Labute approximate surface area is 188 Å². The van der Waals surface area contributed by atoms with Crippen LogP contribution in [-0.4, -0.2) is 47.5 Å². The first-order chi connectivity index (χ1) is 14.9. The van der Waals surface area contributed by atoms with E-state index in [1.165, 1.54) is 6.26 Å². The van der Waals surface area contributed by atoms with Crippen LogP contribution in [0.3, 0.4) is 0 Å². The summed E-state index contributed by atoms with van der Waals surface area (Å²) >= 11 is 6.71. The molecule has 31 heavy (non-hydrogen) atoms. The van der Waals surface area contributed by atoms with E-state index in [0.29, 0.717) is 22.9 Å². The molecule has 0 saturated carbocycles. The van der Waals surface area contributed by atoms with Crippen LogP contribution < -0.4 is 10.6 Å². The lowest BCUT2D eigenvalue weighted by atomic mass is 10.2. The molecule has 4 amide bonds. The molecule has 0 atom stereocenters. The molecular formula is C21H20ClN3O5S. The summed E-state index contributed by atoms with van der Waals surface area (Å²) in [6.07, 6.45) is 3.70. The smallest absolute Gasteiger partial charge is 0.293 e. The van der Waals surface area contributed by atoms with E-state index in [2.05, 4.69) is 10.6 Å². The first-order valence-corrected chi connectivity index (χ1v) is 10.7. The fraction of sp³-hybridized carbons (Fsp3) is 0.238. The summed E-state index contributed by atoms with van der Waals surface area (Å²) in [6, 6.07) is 10.1. The van der Waals surface area contributed by atoms with Gasteiger partial charge in [0.1, 0.15) is 0 Å². The molecule has 8 nitrogen and oxygen atoms in total. The van der Waals surface area contributed by atoms with E-state index in [-0.39, 0.29) is 48.2 Å². The third-order valence-electron chi connectivity index (χ3n) is 4.31. The number of halogens is 1. The standard InChI is InChI=1S/C21H20ClN3O5S/c22-15-7-5-14(6-8-15)13-17-20(28)25(21(29)31-17)11-10-23-18(26)4-1-9-24-19(27)16-3-2-12-30-16/h2-3,5-8,12-13H,1,4,9-11H2,(H,23,26)(H,24,27)/b17-13-. The van der Waals surface area contributed by atoms with Crippen molar-refractivity contribution in [2.75, 3.05) is 19.6 Å². The number of nitrogens with zero attached hydrogens (tertiary/aromatic N) is 1. The number of benzene rings is 1. The number of nitrogens with one attached hydrogen (secondary N) is 2. The Morgan fingerprint density at radius 1 is 1.10 bits per heavy atom. The van der Waals surface area contributed by atoms with Gasteiger partial charge in [-0.25, -0.2) is 0 Å². The Morgan fingerprint density at radius 2 is 1.87 bits per heavy atom. The number of hydrogen-bond acceptors (Lipinski definition) is 6. The first kappa shape index (κ1) is 22.6. The number of rotatable bonds is 9. The van der Waals surface area contributed by atoms with Crippen LogP contribution >= 0.6 is 23.4 Å². The molecule has 2 N–H and O–H groups in total. The van der Waals surface area contributed by atoms with Crippen molar-refractivity contribution in [2.24, 2.45) is 0 Å².